The van der Waals surface area contributed by atoms with E-state index in [1.54, 1.807) is 43.0 Å². The molecule has 0 saturated heterocycles. The van der Waals surface area contributed by atoms with E-state index in [1.807, 2.05) is 0 Å². The first kappa shape index (κ1) is 19.2. The van der Waals surface area contributed by atoms with E-state index in [-0.39, 0.29) is 11.8 Å². The van der Waals surface area contributed by atoms with E-state index in [0.717, 1.165) is 12.8 Å². The van der Waals surface area contributed by atoms with Crippen LogP contribution in [-0.4, -0.2) is 36.9 Å². The summed E-state index contributed by atoms with van der Waals surface area (Å²) in [5, 5.41) is 13.1. The molecule has 3 N–H and O–H groups in total. The first-order valence-corrected chi connectivity index (χ1v) is 9.98. The third-order valence-corrected chi connectivity index (χ3v) is 5.66. The van der Waals surface area contributed by atoms with E-state index in [9.17, 15) is 9.59 Å². The van der Waals surface area contributed by atoms with Crippen molar-refractivity contribution in [2.75, 3.05) is 5.32 Å². The fourth-order valence-corrected chi connectivity index (χ4v) is 3.95. The van der Waals surface area contributed by atoms with Crippen LogP contribution in [0.2, 0.25) is 0 Å². The molecule has 1 aromatic carbocycles. The highest BCUT2D eigenvalue weighted by molar-refractivity contribution is 5.97. The molecule has 3 aromatic heterocycles. The zero-order valence-electron chi connectivity index (χ0n) is 16.9. The number of nitrogens with zero attached hydrogens (tertiary/aromatic N) is 4. The van der Waals surface area contributed by atoms with Crippen LogP contribution < -0.4 is 10.6 Å². The predicted molar refractivity (Wildman–Crippen MR) is 112 cm³/mol. The van der Waals surface area contributed by atoms with Crippen LogP contribution in [0.3, 0.4) is 0 Å². The highest BCUT2D eigenvalue weighted by atomic mass is 19.1. The molecule has 1 aliphatic carbocycles. The molecule has 5 rings (SSSR count). The number of fused-ring (bicyclic) bond motifs is 2. The number of rotatable bonds is 6. The summed E-state index contributed by atoms with van der Waals surface area (Å²) in [7, 11) is 0. The Balaban J connectivity index is 1.62. The number of aromatic amines is 1. The fraction of sp³-hybridized carbons (Fsp3) is 0.286. The average Bonchev–Trinajstić information content (AvgIpc) is 3.36. The second kappa shape index (κ2) is 7.15. The Labute approximate surface area is 176 Å². The van der Waals surface area contributed by atoms with Crippen molar-refractivity contribution < 1.29 is 14.0 Å². The van der Waals surface area contributed by atoms with Gasteiger partial charge in [-0.15, -0.1) is 0 Å². The van der Waals surface area contributed by atoms with Gasteiger partial charge in [0, 0.05) is 28.6 Å². The highest BCUT2D eigenvalue weighted by Gasteiger charge is 2.32. The first-order valence-electron chi connectivity index (χ1n) is 9.98. The molecule has 0 bridgehead atoms. The van der Waals surface area contributed by atoms with Crippen LogP contribution in [0.1, 0.15) is 36.9 Å². The van der Waals surface area contributed by atoms with Gasteiger partial charge >= 0.3 is 0 Å². The van der Waals surface area contributed by atoms with Crippen molar-refractivity contribution in [1.29, 1.82) is 0 Å². The number of nitrogens with one attached hydrogen (secondary N) is 3. The molecular weight excluding hydrogens is 401 g/mol. The Morgan fingerprint density at radius 1 is 1.35 bits per heavy atom. The minimum absolute atomic E-state index is 0.0350. The minimum Gasteiger partial charge on any atom is -0.349 e. The van der Waals surface area contributed by atoms with Crippen LogP contribution in [0.25, 0.3) is 27.8 Å². The van der Waals surface area contributed by atoms with Gasteiger partial charge in [0.05, 0.1) is 35.8 Å². The number of halogens is 1. The Hall–Kier alpha value is -3.82. The molecule has 4 aromatic rings. The van der Waals surface area contributed by atoms with Crippen LogP contribution in [-0.2, 0) is 9.59 Å². The summed E-state index contributed by atoms with van der Waals surface area (Å²) < 4.78 is 17.3. The maximum absolute atomic E-state index is 15.6. The largest absolute Gasteiger partial charge is 0.349 e. The molecule has 1 aliphatic rings. The summed E-state index contributed by atoms with van der Waals surface area (Å²) in [6.45, 7) is 3.46. The monoisotopic (exact) mass is 421 g/mol. The van der Waals surface area contributed by atoms with E-state index < -0.39 is 11.9 Å². The molecule has 1 atom stereocenters. The summed E-state index contributed by atoms with van der Waals surface area (Å²) in [5.74, 6) is -0.0341. The Morgan fingerprint density at radius 2 is 2.16 bits per heavy atom. The van der Waals surface area contributed by atoms with Gasteiger partial charge in [-0.3, -0.25) is 19.7 Å². The van der Waals surface area contributed by atoms with Crippen LogP contribution in [0.5, 0.6) is 0 Å². The molecule has 2 amide bonds. The Morgan fingerprint density at radius 3 is 2.90 bits per heavy atom. The first-order chi connectivity index (χ1) is 15.0. The van der Waals surface area contributed by atoms with Gasteiger partial charge in [0.1, 0.15) is 5.82 Å². The lowest BCUT2D eigenvalue weighted by molar-refractivity contribution is -0.122. The van der Waals surface area contributed by atoms with Crippen LogP contribution >= 0.6 is 0 Å². The highest BCUT2D eigenvalue weighted by Crippen LogP contribution is 2.38. The van der Waals surface area contributed by atoms with Crippen molar-refractivity contribution in [3.8, 4) is 11.3 Å². The maximum Gasteiger partial charge on any atom is 0.223 e. The van der Waals surface area contributed by atoms with Crippen molar-refractivity contribution in [3.63, 3.8) is 0 Å². The van der Waals surface area contributed by atoms with Crippen molar-refractivity contribution in [1.82, 2.24) is 29.9 Å². The van der Waals surface area contributed by atoms with Crippen LogP contribution in [0.15, 0.2) is 24.8 Å². The van der Waals surface area contributed by atoms with E-state index >= 15 is 4.39 Å². The van der Waals surface area contributed by atoms with Gasteiger partial charge in [-0.25, -0.2) is 9.37 Å². The molecule has 10 heteroatoms. The zero-order chi connectivity index (χ0) is 21.7. The van der Waals surface area contributed by atoms with Crippen LogP contribution in [0, 0.1) is 18.7 Å². The summed E-state index contributed by atoms with van der Waals surface area (Å²) in [5.41, 5.74) is 3.00. The quantitative estimate of drug-likeness (QED) is 0.414. The topological polar surface area (TPSA) is 117 Å². The van der Waals surface area contributed by atoms with Crippen molar-refractivity contribution >= 4 is 34.7 Å². The van der Waals surface area contributed by atoms with E-state index in [4.69, 9.17) is 0 Å². The Kier molecular flexibility index (Phi) is 4.42. The number of amides is 2. The maximum atomic E-state index is 15.6. The minimum atomic E-state index is -0.509. The second-order valence-corrected chi connectivity index (χ2v) is 7.82. The number of benzene rings is 1. The molecule has 0 aliphatic heterocycles. The molecule has 1 fully saturated rings. The van der Waals surface area contributed by atoms with Gasteiger partial charge in [-0.1, -0.05) is 0 Å². The fourth-order valence-electron chi connectivity index (χ4n) is 3.95. The number of hydrogen-bond donors (Lipinski definition) is 3. The number of imidazole rings is 1. The standard InChI is InChI=1S/C21H20FN7O2/c1-10-17(14-7-29-8-15(24-9-30)27-16(29)6-23-14)13-5-25-28-20(13)18(19(10)22)11(2)26-21(31)12-3-4-12/h5-9,11-12H,3-4H2,1-2H3,(H,24,30)(H,25,28)(H,26,31). The van der Waals surface area contributed by atoms with Crippen molar-refractivity contribution in [2.45, 2.75) is 32.7 Å². The summed E-state index contributed by atoms with van der Waals surface area (Å²) in [4.78, 5) is 31.6. The number of hydrogen-bond acceptors (Lipinski definition) is 5. The van der Waals surface area contributed by atoms with Crippen molar-refractivity contribution in [3.05, 3.63) is 41.7 Å². The molecule has 1 saturated carbocycles. The molecule has 31 heavy (non-hydrogen) atoms. The van der Waals surface area contributed by atoms with Gasteiger partial charge in [0.15, 0.2) is 11.5 Å². The SMILES string of the molecule is Cc1c(F)c(C(C)NC(=O)C2CC2)c2[nH]ncc2c1-c1cn2cc(NC=O)nc2cn1. The van der Waals surface area contributed by atoms with E-state index in [2.05, 4.69) is 30.8 Å². The lowest BCUT2D eigenvalue weighted by atomic mass is 9.94. The van der Waals surface area contributed by atoms with E-state index in [0.29, 0.717) is 51.2 Å². The second-order valence-electron chi connectivity index (χ2n) is 7.82. The summed E-state index contributed by atoms with van der Waals surface area (Å²) in [6, 6.07) is -0.509. The third kappa shape index (κ3) is 3.20. The molecule has 9 nitrogen and oxygen atoms in total. The molecule has 3 heterocycles. The molecule has 1 unspecified atom stereocenters. The zero-order valence-corrected chi connectivity index (χ0v) is 16.9. The van der Waals surface area contributed by atoms with Gasteiger partial charge in [-0.05, 0) is 32.3 Å². The lowest BCUT2D eigenvalue weighted by Gasteiger charge is -2.19. The third-order valence-electron chi connectivity index (χ3n) is 5.66. The van der Waals surface area contributed by atoms with Gasteiger partial charge in [0.25, 0.3) is 0 Å². The summed E-state index contributed by atoms with van der Waals surface area (Å²) >= 11 is 0. The average molecular weight is 421 g/mol. The number of carbonyl (C=O) groups is 2. The van der Waals surface area contributed by atoms with Gasteiger partial charge < -0.3 is 15.0 Å². The van der Waals surface area contributed by atoms with Crippen LogP contribution in [0.4, 0.5) is 10.2 Å². The molecule has 0 radical (unpaired) electrons. The number of carbonyl (C=O) groups excluding carboxylic acids is 2. The Bertz CT molecular complexity index is 1340. The smallest absolute Gasteiger partial charge is 0.223 e. The predicted octanol–water partition coefficient (Wildman–Crippen LogP) is 2.88. The molecule has 0 spiro atoms. The number of anilines is 1. The molecule has 158 valence electrons. The van der Waals surface area contributed by atoms with Crippen molar-refractivity contribution in [2.24, 2.45) is 5.92 Å². The molecular formula is C21H20FN7O2. The number of H-pyrrole nitrogens is 1. The lowest BCUT2D eigenvalue weighted by Crippen LogP contribution is -2.28. The van der Waals surface area contributed by atoms with Gasteiger partial charge in [0.2, 0.25) is 12.3 Å². The van der Waals surface area contributed by atoms with E-state index in [1.165, 1.54) is 0 Å². The summed E-state index contributed by atoms with van der Waals surface area (Å²) in [6.07, 6.45) is 8.88. The normalized spacial score (nSPS) is 14.7. The van der Waals surface area contributed by atoms with Gasteiger partial charge in [-0.2, -0.15) is 5.10 Å². The number of aromatic nitrogens is 5.